The summed E-state index contributed by atoms with van der Waals surface area (Å²) in [6, 6.07) is 15.7. The van der Waals surface area contributed by atoms with Crippen LogP contribution in [-0.2, 0) is 0 Å². The van der Waals surface area contributed by atoms with E-state index in [1.165, 1.54) is 5.56 Å². The van der Waals surface area contributed by atoms with Crippen molar-refractivity contribution in [1.82, 2.24) is 4.98 Å². The number of aromatic nitrogens is 1. The molecule has 2 amide bonds. The molecule has 0 saturated carbocycles. The summed E-state index contributed by atoms with van der Waals surface area (Å²) in [5, 5.41) is 3.08. The smallest absolute Gasteiger partial charge is 0.326 e. The molecule has 3 aromatic rings. The summed E-state index contributed by atoms with van der Waals surface area (Å²) in [4.78, 5) is 19.5. The van der Waals surface area contributed by atoms with Gasteiger partial charge in [0.05, 0.1) is 18.8 Å². The second-order valence-corrected chi connectivity index (χ2v) is 10.4. The van der Waals surface area contributed by atoms with Crippen molar-refractivity contribution < 1.29 is 14.3 Å². The molecule has 2 aromatic carbocycles. The Hall–Kier alpha value is -3.54. The third-order valence-electron chi connectivity index (χ3n) is 5.98. The highest BCUT2D eigenvalue weighted by molar-refractivity contribution is 6.03. The fourth-order valence-corrected chi connectivity index (χ4v) is 4.00. The summed E-state index contributed by atoms with van der Waals surface area (Å²) in [7, 11) is 0. The van der Waals surface area contributed by atoms with Gasteiger partial charge in [-0.2, -0.15) is 0 Å². The second kappa shape index (κ2) is 9.98. The quantitative estimate of drug-likeness (QED) is 0.433. The van der Waals surface area contributed by atoms with Gasteiger partial charge in [0.2, 0.25) is 5.88 Å². The van der Waals surface area contributed by atoms with Crippen LogP contribution in [0.25, 0.3) is 11.1 Å². The van der Waals surface area contributed by atoms with Gasteiger partial charge in [-0.25, -0.2) is 9.78 Å². The molecule has 6 heteroatoms. The van der Waals surface area contributed by atoms with Crippen LogP contribution < -0.4 is 19.7 Å². The highest BCUT2D eigenvalue weighted by atomic mass is 16.5. The summed E-state index contributed by atoms with van der Waals surface area (Å²) in [5.41, 5.74) is 5.80. The van der Waals surface area contributed by atoms with Gasteiger partial charge in [0, 0.05) is 23.5 Å². The molecule has 6 nitrogen and oxygen atoms in total. The van der Waals surface area contributed by atoms with Crippen molar-refractivity contribution in [3.63, 3.8) is 0 Å². The molecule has 0 bridgehead atoms. The first kappa shape index (κ1) is 24.6. The van der Waals surface area contributed by atoms with Crippen LogP contribution in [0.3, 0.4) is 0 Å². The van der Waals surface area contributed by atoms with Crippen LogP contribution in [0.1, 0.15) is 45.2 Å². The van der Waals surface area contributed by atoms with Crippen molar-refractivity contribution in [3.05, 3.63) is 65.9 Å². The third-order valence-corrected chi connectivity index (χ3v) is 5.98. The lowest BCUT2D eigenvalue weighted by molar-refractivity contribution is 0.188. The van der Waals surface area contributed by atoms with E-state index in [-0.39, 0.29) is 17.6 Å². The van der Waals surface area contributed by atoms with E-state index >= 15 is 0 Å². The standard InChI is InChI=1S/C29H35N3O3/c1-7-23-17-32(28(33)31-24-11-8-19(2)14-20(24)3)25-12-9-21(15-26(25)35-23)22-10-13-27(30-16-22)34-18-29(4,5)6/h8-16,23H,7,17-18H2,1-6H3,(H,31,33). The fraction of sp³-hybridized carbons (Fsp3) is 0.379. The maximum atomic E-state index is 13.3. The molecule has 184 valence electrons. The van der Waals surface area contributed by atoms with Gasteiger partial charge in [-0.15, -0.1) is 0 Å². The normalized spacial score (nSPS) is 15.3. The van der Waals surface area contributed by atoms with Crippen LogP contribution in [0, 0.1) is 19.3 Å². The van der Waals surface area contributed by atoms with E-state index in [1.54, 1.807) is 4.90 Å². The predicted octanol–water partition coefficient (Wildman–Crippen LogP) is 7.00. The van der Waals surface area contributed by atoms with Crippen molar-refractivity contribution >= 4 is 17.4 Å². The van der Waals surface area contributed by atoms with Crippen molar-refractivity contribution in [2.45, 2.75) is 54.1 Å². The van der Waals surface area contributed by atoms with Gasteiger partial charge in [0.25, 0.3) is 0 Å². The number of rotatable bonds is 5. The number of fused-ring (bicyclic) bond motifs is 1. The van der Waals surface area contributed by atoms with Crippen LogP contribution in [-0.4, -0.2) is 30.3 Å². The number of carbonyl (C=O) groups is 1. The van der Waals surface area contributed by atoms with E-state index in [4.69, 9.17) is 9.47 Å². The van der Waals surface area contributed by atoms with Gasteiger partial charge in [-0.3, -0.25) is 4.90 Å². The minimum absolute atomic E-state index is 0.0717. The van der Waals surface area contributed by atoms with Crippen molar-refractivity contribution in [1.29, 1.82) is 0 Å². The lowest BCUT2D eigenvalue weighted by atomic mass is 9.99. The van der Waals surface area contributed by atoms with Crippen molar-refractivity contribution in [2.75, 3.05) is 23.4 Å². The number of amides is 2. The summed E-state index contributed by atoms with van der Waals surface area (Å²) >= 11 is 0. The minimum Gasteiger partial charge on any atom is -0.486 e. The molecule has 1 aliphatic rings. The Bertz CT molecular complexity index is 1200. The maximum absolute atomic E-state index is 13.3. The van der Waals surface area contributed by atoms with Crippen molar-refractivity contribution in [2.24, 2.45) is 5.41 Å². The average molecular weight is 474 g/mol. The predicted molar refractivity (Wildman–Crippen MR) is 142 cm³/mol. The molecule has 0 aliphatic carbocycles. The van der Waals surface area contributed by atoms with E-state index in [0.29, 0.717) is 24.8 Å². The molecule has 0 saturated heterocycles. The molecule has 1 aliphatic heterocycles. The van der Waals surface area contributed by atoms with Crippen LogP contribution in [0.15, 0.2) is 54.7 Å². The van der Waals surface area contributed by atoms with Gasteiger partial charge >= 0.3 is 6.03 Å². The highest BCUT2D eigenvalue weighted by Crippen LogP contribution is 2.38. The molecule has 1 unspecified atom stereocenters. The van der Waals surface area contributed by atoms with Gasteiger partial charge in [0.15, 0.2) is 0 Å². The number of urea groups is 1. The Morgan fingerprint density at radius 3 is 2.54 bits per heavy atom. The molecule has 0 spiro atoms. The molecular weight excluding hydrogens is 438 g/mol. The van der Waals surface area contributed by atoms with Gasteiger partial charge in [-0.05, 0) is 61.1 Å². The molecule has 0 radical (unpaired) electrons. The first-order valence-corrected chi connectivity index (χ1v) is 12.2. The Balaban J connectivity index is 1.56. The first-order valence-electron chi connectivity index (χ1n) is 12.2. The van der Waals surface area contributed by atoms with Gasteiger partial charge < -0.3 is 14.8 Å². The zero-order valence-electron chi connectivity index (χ0n) is 21.5. The minimum atomic E-state index is -0.158. The Labute approximate surface area is 208 Å². The lowest BCUT2D eigenvalue weighted by Crippen LogP contribution is -2.45. The van der Waals surface area contributed by atoms with Crippen LogP contribution in [0.5, 0.6) is 11.6 Å². The average Bonchev–Trinajstić information content (AvgIpc) is 2.83. The van der Waals surface area contributed by atoms with Gasteiger partial charge in [-0.1, -0.05) is 51.5 Å². The van der Waals surface area contributed by atoms with Crippen LogP contribution >= 0.6 is 0 Å². The number of nitrogens with zero attached hydrogens (tertiary/aromatic N) is 2. The molecule has 35 heavy (non-hydrogen) atoms. The van der Waals surface area contributed by atoms with Gasteiger partial charge in [0.1, 0.15) is 11.9 Å². The largest absolute Gasteiger partial charge is 0.486 e. The zero-order valence-corrected chi connectivity index (χ0v) is 21.5. The Morgan fingerprint density at radius 2 is 1.89 bits per heavy atom. The van der Waals surface area contributed by atoms with Crippen LogP contribution in [0.4, 0.5) is 16.2 Å². The number of ether oxygens (including phenoxy) is 2. The third kappa shape index (κ3) is 5.94. The Kier molecular flexibility index (Phi) is 7.01. The number of nitrogens with one attached hydrogen (secondary N) is 1. The SMILES string of the molecule is CCC1CN(C(=O)Nc2ccc(C)cc2C)c2ccc(-c3ccc(OCC(C)(C)C)nc3)cc2O1. The maximum Gasteiger partial charge on any atom is 0.326 e. The summed E-state index contributed by atoms with van der Waals surface area (Å²) in [6.45, 7) is 13.6. The first-order chi connectivity index (χ1) is 16.6. The number of hydrogen-bond donors (Lipinski definition) is 1. The fourth-order valence-electron chi connectivity index (χ4n) is 4.00. The Morgan fingerprint density at radius 1 is 1.11 bits per heavy atom. The number of carbonyl (C=O) groups excluding carboxylic acids is 1. The second-order valence-electron chi connectivity index (χ2n) is 10.4. The molecular formula is C29H35N3O3. The summed E-state index contributed by atoms with van der Waals surface area (Å²) in [6.07, 6.45) is 2.54. The molecule has 0 fully saturated rings. The highest BCUT2D eigenvalue weighted by Gasteiger charge is 2.29. The van der Waals surface area contributed by atoms with E-state index in [0.717, 1.165) is 34.5 Å². The van der Waals surface area contributed by atoms with E-state index < -0.39 is 0 Å². The zero-order chi connectivity index (χ0) is 25.2. The number of hydrogen-bond acceptors (Lipinski definition) is 4. The monoisotopic (exact) mass is 473 g/mol. The van der Waals surface area contributed by atoms with E-state index in [1.807, 2.05) is 62.5 Å². The molecule has 4 rings (SSSR count). The number of benzene rings is 2. The molecule has 1 atom stereocenters. The van der Waals surface area contributed by atoms with E-state index in [9.17, 15) is 4.79 Å². The van der Waals surface area contributed by atoms with E-state index in [2.05, 4.69) is 44.1 Å². The number of pyridine rings is 1. The lowest BCUT2D eigenvalue weighted by Gasteiger charge is -2.35. The van der Waals surface area contributed by atoms with Crippen LogP contribution in [0.2, 0.25) is 0 Å². The number of anilines is 2. The molecule has 2 heterocycles. The molecule has 1 N–H and O–H groups in total. The molecule has 1 aromatic heterocycles. The number of aryl methyl sites for hydroxylation is 2. The summed E-state index contributed by atoms with van der Waals surface area (Å²) in [5.74, 6) is 1.31. The summed E-state index contributed by atoms with van der Waals surface area (Å²) < 4.78 is 12.0. The topological polar surface area (TPSA) is 63.7 Å². The van der Waals surface area contributed by atoms with Crippen molar-refractivity contribution in [3.8, 4) is 22.8 Å².